The molecule has 14 aromatic carbocycles. The van der Waals surface area contributed by atoms with Gasteiger partial charge in [-0.05, 0) is 328 Å². The van der Waals surface area contributed by atoms with Gasteiger partial charge in [-0.2, -0.15) is 0 Å². The van der Waals surface area contributed by atoms with Crippen LogP contribution in [0.3, 0.4) is 0 Å². The monoisotopic (exact) mass is 2080 g/mol. The third kappa shape index (κ3) is 23.4. The molecule has 0 fully saturated rings. The summed E-state index contributed by atoms with van der Waals surface area (Å²) in [6.45, 7) is 18.2. The smallest absolute Gasteiger partial charge is 0.142 e. The second-order valence-corrected chi connectivity index (χ2v) is 44.9. The van der Waals surface area contributed by atoms with Crippen molar-refractivity contribution in [3.8, 4) is 56.1 Å². The van der Waals surface area contributed by atoms with E-state index in [9.17, 15) is 5.11 Å². The van der Waals surface area contributed by atoms with E-state index in [2.05, 4.69) is 388 Å². The molecular formula is C135H153Br3N4O. The first kappa shape index (κ1) is 103. The molecule has 740 valence electrons. The van der Waals surface area contributed by atoms with Crippen molar-refractivity contribution in [3.63, 3.8) is 0 Å². The second kappa shape index (κ2) is 49.3. The predicted octanol–water partition coefficient (Wildman–Crippen LogP) is 41.7. The third-order valence-electron chi connectivity index (χ3n) is 31.4. The molecule has 0 spiro atoms. The minimum atomic E-state index is -1.48. The molecule has 1 N–H and O–H groups in total. The van der Waals surface area contributed by atoms with Crippen LogP contribution in [0.25, 0.3) is 143 Å². The van der Waals surface area contributed by atoms with E-state index in [4.69, 9.17) is 0 Å². The standard InChI is InChI=1S/C74H80Br2N2O.C61H73BrN2/c1-5-8-11-14-17-20-23-52-27-41-71-64(45-52)63-44-51(4)26-40-70(63)77(71)58-34-30-55(31-35-58)60-39-36-59(50-69(60)74(79)67-48-56(75)32-37-61(67)62-38-33-57(76)49-68(62)74)78-72-42-28-53(24-21-18-15-12-9-6-2)46-65(72)66-47-54(29-43-73(66)78)25-22-19-16-13-10-7-3;1-5-8-11-14-17-20-23-46-29-39-61-54(41-46)53-40-45(4)26-36-58(53)64(61)51-34-35-52(57(62)44-51)49-30-32-50(33-31-49)63-59-37-27-47(24-21-18-15-12-9-6-2)42-55(59)56-43-48(28-38-60(56)63)25-22-19-16-13-10-7-3/h26-50,79H,5-25H2,1-4H3;26-44H,5-25H2,1-4H3. The SMILES string of the molecule is CCCCCCCCc1ccc2c(c1)c1cc(C)ccc1n2-c1ccc(-c2ccc(-n3c4ccc(CCCCCCCC)cc4c4cc(CCCCCCCC)ccc43)cc2)c(Br)c1.CCCCCCCCc1ccc2c(c1)c1cc(C)ccc1n2-c1ccc(-c2ccc(-n3c4ccc(CCCCCCCC)cc4c4cc(CCCCCCCC)ccc43)cc2C2(O)c3cc(Br)ccc3-c3ccc(Br)cc32)cc1. The van der Waals surface area contributed by atoms with Crippen molar-refractivity contribution < 1.29 is 5.11 Å². The number of hydrogen-bond acceptors (Lipinski definition) is 1. The number of nitrogens with zero attached hydrogens (tertiary/aromatic N) is 4. The van der Waals surface area contributed by atoms with Crippen molar-refractivity contribution in [2.45, 2.75) is 331 Å². The first-order valence-electron chi connectivity index (χ1n) is 55.8. The Hall–Kier alpha value is -10.3. The minimum absolute atomic E-state index is 0.855. The Labute approximate surface area is 879 Å². The van der Waals surface area contributed by atoms with Gasteiger partial charge in [-0.3, -0.25) is 0 Å². The summed E-state index contributed by atoms with van der Waals surface area (Å²) in [7, 11) is 0. The molecular weight excluding hydrogens is 1930 g/mol. The van der Waals surface area contributed by atoms with Crippen LogP contribution in [0.5, 0.6) is 0 Å². The van der Waals surface area contributed by atoms with Crippen molar-refractivity contribution in [1.82, 2.24) is 18.3 Å². The first-order valence-corrected chi connectivity index (χ1v) is 58.2. The Morgan fingerprint density at radius 3 is 0.713 bits per heavy atom. The van der Waals surface area contributed by atoms with Crippen molar-refractivity contribution in [2.24, 2.45) is 0 Å². The molecule has 0 bridgehead atoms. The molecule has 0 atom stereocenters. The van der Waals surface area contributed by atoms with E-state index in [1.165, 1.54) is 385 Å². The normalized spacial score (nSPS) is 12.4. The highest BCUT2D eigenvalue weighted by atomic mass is 79.9. The fourth-order valence-electron chi connectivity index (χ4n) is 23.5. The maximum atomic E-state index is 14.1. The highest BCUT2D eigenvalue weighted by molar-refractivity contribution is 9.11. The molecule has 1 aliphatic rings. The van der Waals surface area contributed by atoms with Gasteiger partial charge in [-0.1, -0.05) is 390 Å². The molecule has 5 nitrogen and oxygen atoms in total. The van der Waals surface area contributed by atoms with Crippen LogP contribution in [0.4, 0.5) is 0 Å². The van der Waals surface area contributed by atoms with Gasteiger partial charge in [0.2, 0.25) is 0 Å². The molecule has 0 amide bonds. The molecule has 18 aromatic rings. The molecule has 1 aliphatic carbocycles. The van der Waals surface area contributed by atoms with Gasteiger partial charge in [0, 0.05) is 95.9 Å². The average molecular weight is 2090 g/mol. The number of benzene rings is 14. The fraction of sp³-hybridized carbons (Fsp3) is 0.378. The minimum Gasteiger partial charge on any atom is -0.376 e. The summed E-state index contributed by atoms with van der Waals surface area (Å²) >= 11 is 11.7. The molecule has 0 saturated heterocycles. The van der Waals surface area contributed by atoms with Crippen LogP contribution in [0, 0.1) is 13.8 Å². The Bertz CT molecular complexity index is 7190. The summed E-state index contributed by atoms with van der Waals surface area (Å²) in [6, 6.07) is 102. The predicted molar refractivity (Wildman–Crippen MR) is 630 cm³/mol. The van der Waals surface area contributed by atoms with Crippen molar-refractivity contribution >= 4 is 135 Å². The van der Waals surface area contributed by atoms with Crippen molar-refractivity contribution in [3.05, 3.63) is 342 Å². The van der Waals surface area contributed by atoms with Gasteiger partial charge < -0.3 is 23.4 Å². The lowest BCUT2D eigenvalue weighted by atomic mass is 9.80. The van der Waals surface area contributed by atoms with E-state index in [0.29, 0.717) is 0 Å². The molecule has 4 aromatic heterocycles. The van der Waals surface area contributed by atoms with Gasteiger partial charge in [0.25, 0.3) is 0 Å². The van der Waals surface area contributed by atoms with Crippen LogP contribution in [-0.4, -0.2) is 23.4 Å². The zero-order valence-electron chi connectivity index (χ0n) is 87.0. The van der Waals surface area contributed by atoms with E-state index >= 15 is 0 Å². The van der Waals surface area contributed by atoms with Crippen LogP contribution >= 0.6 is 47.8 Å². The Morgan fingerprint density at radius 1 is 0.203 bits per heavy atom. The number of aromatic nitrogens is 4. The fourth-order valence-corrected chi connectivity index (χ4v) is 24.8. The largest absolute Gasteiger partial charge is 0.376 e. The average Bonchev–Trinajstić information content (AvgIpc) is 1.55. The molecule has 0 saturated carbocycles. The summed E-state index contributed by atoms with van der Waals surface area (Å²) in [5.74, 6) is 0. The Morgan fingerprint density at radius 2 is 0.427 bits per heavy atom. The molecule has 4 heterocycles. The van der Waals surface area contributed by atoms with Crippen LogP contribution in [0.1, 0.15) is 334 Å². The lowest BCUT2D eigenvalue weighted by Gasteiger charge is -2.30. The number of rotatable bonds is 49. The lowest BCUT2D eigenvalue weighted by molar-refractivity contribution is 0.131. The molecule has 143 heavy (non-hydrogen) atoms. The van der Waals surface area contributed by atoms with Gasteiger partial charge in [0.05, 0.1) is 44.1 Å². The summed E-state index contributed by atoms with van der Waals surface area (Å²) in [4.78, 5) is 0. The topological polar surface area (TPSA) is 40.0 Å². The van der Waals surface area contributed by atoms with E-state index in [1.54, 1.807) is 0 Å². The van der Waals surface area contributed by atoms with E-state index in [1.807, 2.05) is 0 Å². The summed E-state index contributed by atoms with van der Waals surface area (Å²) in [5, 5.41) is 24.8. The molecule has 8 heteroatoms. The molecule has 0 aliphatic heterocycles. The molecule has 0 radical (unpaired) electrons. The number of unbranched alkanes of at least 4 members (excludes halogenated alkanes) is 30. The summed E-state index contributed by atoms with van der Waals surface area (Å²) in [6.07, 6.45) is 54.0. The van der Waals surface area contributed by atoms with Crippen LogP contribution in [0.15, 0.2) is 280 Å². The number of aliphatic hydroxyl groups is 1. The molecule has 0 unspecified atom stereocenters. The number of aryl methyl sites for hydroxylation is 8. The van der Waals surface area contributed by atoms with Crippen molar-refractivity contribution in [1.29, 1.82) is 0 Å². The van der Waals surface area contributed by atoms with E-state index < -0.39 is 5.60 Å². The van der Waals surface area contributed by atoms with Crippen LogP contribution in [0.2, 0.25) is 0 Å². The van der Waals surface area contributed by atoms with Gasteiger partial charge in [0.15, 0.2) is 0 Å². The van der Waals surface area contributed by atoms with Crippen LogP contribution in [-0.2, 0) is 44.1 Å². The molecule has 19 rings (SSSR count). The zero-order valence-corrected chi connectivity index (χ0v) is 91.7. The van der Waals surface area contributed by atoms with Gasteiger partial charge >= 0.3 is 0 Å². The van der Waals surface area contributed by atoms with Gasteiger partial charge in [0.1, 0.15) is 5.60 Å². The first-order chi connectivity index (χ1) is 70.1. The number of halogens is 3. The highest BCUT2D eigenvalue weighted by Gasteiger charge is 2.45. The number of fused-ring (bicyclic) bond motifs is 15. The summed E-state index contributed by atoms with van der Waals surface area (Å²) in [5.41, 5.74) is 33.4. The number of hydrogen-bond donors (Lipinski definition) is 1. The van der Waals surface area contributed by atoms with Gasteiger partial charge in [-0.15, -0.1) is 0 Å². The third-order valence-corrected chi connectivity index (χ3v) is 33.1. The Balaban J connectivity index is 0.000000193. The maximum absolute atomic E-state index is 14.1. The van der Waals surface area contributed by atoms with Crippen molar-refractivity contribution in [2.75, 3.05) is 0 Å². The van der Waals surface area contributed by atoms with Gasteiger partial charge in [-0.25, -0.2) is 0 Å². The highest BCUT2D eigenvalue weighted by Crippen LogP contribution is 2.56. The van der Waals surface area contributed by atoms with E-state index in [-0.39, 0.29) is 0 Å². The van der Waals surface area contributed by atoms with Crippen LogP contribution < -0.4 is 0 Å². The lowest BCUT2D eigenvalue weighted by Crippen LogP contribution is -2.27. The maximum Gasteiger partial charge on any atom is 0.142 e. The zero-order chi connectivity index (χ0) is 98.7. The Kier molecular flexibility index (Phi) is 35.4. The quantitative estimate of drug-likeness (QED) is 0.0379. The second-order valence-electron chi connectivity index (χ2n) is 42.2. The van der Waals surface area contributed by atoms with E-state index in [0.717, 1.165) is 102 Å². The summed E-state index contributed by atoms with van der Waals surface area (Å²) < 4.78 is 12.8.